The van der Waals surface area contributed by atoms with E-state index in [-0.39, 0.29) is 5.41 Å². The van der Waals surface area contributed by atoms with Crippen LogP contribution in [0.5, 0.6) is 0 Å². The van der Waals surface area contributed by atoms with Crippen LogP contribution in [0.15, 0.2) is 0 Å². The van der Waals surface area contributed by atoms with E-state index in [0.29, 0.717) is 5.84 Å². The van der Waals surface area contributed by atoms with E-state index < -0.39 is 0 Å². The van der Waals surface area contributed by atoms with Gasteiger partial charge in [-0.2, -0.15) is 0 Å². The lowest BCUT2D eigenvalue weighted by molar-refractivity contribution is 0.160. The van der Waals surface area contributed by atoms with Crippen molar-refractivity contribution in [3.05, 3.63) is 0 Å². The molecule has 1 aliphatic heterocycles. The molecule has 0 spiro atoms. The van der Waals surface area contributed by atoms with Gasteiger partial charge in [0.1, 0.15) is 0 Å². The Hall–Kier alpha value is -0.570. The molecule has 0 aromatic carbocycles. The summed E-state index contributed by atoms with van der Waals surface area (Å²) in [5.41, 5.74) is 5.65. The van der Waals surface area contributed by atoms with Gasteiger partial charge in [0.2, 0.25) is 0 Å². The zero-order valence-electron chi connectivity index (χ0n) is 12.3. The van der Waals surface area contributed by atoms with Crippen LogP contribution in [0, 0.1) is 10.8 Å². The van der Waals surface area contributed by atoms with Gasteiger partial charge in [0.25, 0.3) is 0 Å². The van der Waals surface area contributed by atoms with Crippen molar-refractivity contribution in [2.75, 3.05) is 19.6 Å². The Balaban J connectivity index is 2.07. The van der Waals surface area contributed by atoms with Gasteiger partial charge < -0.3 is 10.6 Å². The molecule has 0 bridgehead atoms. The summed E-state index contributed by atoms with van der Waals surface area (Å²) < 4.78 is 0. The predicted octanol–water partition coefficient (Wildman–Crippen LogP) is 3.38. The Bertz CT molecular complexity index is 242. The van der Waals surface area contributed by atoms with Gasteiger partial charge >= 0.3 is 0 Å². The second kappa shape index (κ2) is 7.78. The van der Waals surface area contributed by atoms with Crippen molar-refractivity contribution in [2.24, 2.45) is 11.1 Å². The molecule has 0 radical (unpaired) electrons. The van der Waals surface area contributed by atoms with E-state index in [1.165, 1.54) is 45.1 Å². The highest BCUT2D eigenvalue weighted by molar-refractivity contribution is 5.83. The Morgan fingerprint density at radius 1 is 1.11 bits per heavy atom. The van der Waals surface area contributed by atoms with Crippen LogP contribution in [0.4, 0.5) is 0 Å². The molecule has 0 aliphatic carbocycles. The van der Waals surface area contributed by atoms with Crippen molar-refractivity contribution >= 4 is 5.84 Å². The largest absolute Gasteiger partial charge is 0.387 e. The summed E-state index contributed by atoms with van der Waals surface area (Å²) in [4.78, 5) is 2.55. The number of nitrogens with one attached hydrogen (secondary N) is 1. The summed E-state index contributed by atoms with van der Waals surface area (Å²) in [6.45, 7) is 7.87. The highest BCUT2D eigenvalue weighted by Gasteiger charge is 2.32. The van der Waals surface area contributed by atoms with Crippen LogP contribution < -0.4 is 5.73 Å². The number of nitrogens with zero attached hydrogens (tertiary/aromatic N) is 1. The summed E-state index contributed by atoms with van der Waals surface area (Å²) in [6, 6.07) is 0. The number of nitrogens with two attached hydrogens (primary N) is 1. The van der Waals surface area contributed by atoms with Crippen LogP contribution in [0.3, 0.4) is 0 Å². The first-order valence-corrected chi connectivity index (χ1v) is 7.65. The fourth-order valence-electron chi connectivity index (χ4n) is 2.66. The zero-order valence-corrected chi connectivity index (χ0v) is 12.3. The van der Waals surface area contributed by atoms with Gasteiger partial charge in [-0.05, 0) is 38.9 Å². The fraction of sp³-hybridized carbons (Fsp3) is 0.933. The predicted molar refractivity (Wildman–Crippen MR) is 79.1 cm³/mol. The van der Waals surface area contributed by atoms with Crippen molar-refractivity contribution in [1.82, 2.24) is 4.90 Å². The van der Waals surface area contributed by atoms with E-state index in [9.17, 15) is 0 Å². The molecule has 106 valence electrons. The Morgan fingerprint density at radius 3 is 2.22 bits per heavy atom. The topological polar surface area (TPSA) is 53.1 Å². The van der Waals surface area contributed by atoms with Crippen molar-refractivity contribution < 1.29 is 0 Å². The number of rotatable bonds is 8. The molecule has 1 saturated heterocycles. The van der Waals surface area contributed by atoms with Crippen LogP contribution in [0.2, 0.25) is 0 Å². The third kappa shape index (κ3) is 4.97. The van der Waals surface area contributed by atoms with E-state index in [1.807, 2.05) is 0 Å². The lowest BCUT2D eigenvalue weighted by Gasteiger charge is -2.38. The molecule has 1 aliphatic rings. The highest BCUT2D eigenvalue weighted by Crippen LogP contribution is 2.30. The molecule has 0 unspecified atom stereocenters. The zero-order chi connectivity index (χ0) is 13.4. The minimum absolute atomic E-state index is 0.0301. The van der Waals surface area contributed by atoms with Crippen molar-refractivity contribution in [3.63, 3.8) is 0 Å². The Morgan fingerprint density at radius 2 is 1.67 bits per heavy atom. The summed E-state index contributed by atoms with van der Waals surface area (Å²) in [7, 11) is 0. The molecule has 1 rings (SSSR count). The average molecular weight is 253 g/mol. The molecular formula is C15H31N3. The molecule has 1 heterocycles. The van der Waals surface area contributed by atoms with Crippen molar-refractivity contribution in [3.8, 4) is 0 Å². The normalized spacial score (nSPS) is 19.9. The van der Waals surface area contributed by atoms with Gasteiger partial charge in [-0.25, -0.2) is 0 Å². The fourth-order valence-corrected chi connectivity index (χ4v) is 2.66. The summed E-state index contributed by atoms with van der Waals surface area (Å²) in [5.74, 6) is 0.377. The van der Waals surface area contributed by atoms with Crippen LogP contribution >= 0.6 is 0 Å². The van der Waals surface area contributed by atoms with E-state index in [4.69, 9.17) is 11.1 Å². The van der Waals surface area contributed by atoms with Crippen molar-refractivity contribution in [1.29, 1.82) is 5.41 Å². The van der Waals surface area contributed by atoms with Gasteiger partial charge in [0.15, 0.2) is 0 Å². The highest BCUT2D eigenvalue weighted by atomic mass is 15.1. The SMILES string of the molecule is CCCCCCCCN1CCC(C)(C(=N)N)CC1. The number of piperidine rings is 1. The minimum atomic E-state index is -0.0301. The van der Waals surface area contributed by atoms with Gasteiger partial charge in [-0.1, -0.05) is 46.0 Å². The lowest BCUT2D eigenvalue weighted by atomic mass is 9.79. The van der Waals surface area contributed by atoms with E-state index >= 15 is 0 Å². The Labute approximate surface area is 113 Å². The molecule has 3 nitrogen and oxygen atoms in total. The minimum Gasteiger partial charge on any atom is -0.387 e. The standard InChI is InChI=1S/C15H31N3/c1-3-4-5-6-7-8-11-18-12-9-15(2,10-13-18)14(16)17/h3-13H2,1-2H3,(H3,16,17). The second-order valence-corrected chi connectivity index (χ2v) is 6.08. The van der Waals surface area contributed by atoms with E-state index in [0.717, 1.165) is 25.9 Å². The summed E-state index contributed by atoms with van der Waals surface area (Å²) in [6.07, 6.45) is 10.3. The first-order chi connectivity index (χ1) is 8.58. The molecule has 0 atom stereocenters. The molecule has 0 amide bonds. The number of unbranched alkanes of at least 4 members (excludes halogenated alkanes) is 5. The lowest BCUT2D eigenvalue weighted by Crippen LogP contribution is -2.45. The van der Waals surface area contributed by atoms with Crippen LogP contribution in [-0.2, 0) is 0 Å². The quantitative estimate of drug-likeness (QED) is 0.396. The summed E-state index contributed by atoms with van der Waals surface area (Å²) in [5, 5.41) is 7.64. The van der Waals surface area contributed by atoms with Gasteiger partial charge in [0, 0.05) is 5.41 Å². The third-order valence-electron chi connectivity index (χ3n) is 4.44. The molecule has 0 saturated carbocycles. The van der Waals surface area contributed by atoms with E-state index in [2.05, 4.69) is 18.7 Å². The maximum absolute atomic E-state index is 7.64. The number of hydrogen-bond donors (Lipinski definition) is 2. The molecule has 3 N–H and O–H groups in total. The molecular weight excluding hydrogens is 222 g/mol. The Kier molecular flexibility index (Phi) is 6.69. The van der Waals surface area contributed by atoms with Gasteiger partial charge in [-0.15, -0.1) is 0 Å². The average Bonchev–Trinajstić information content (AvgIpc) is 2.36. The molecule has 1 fully saturated rings. The van der Waals surface area contributed by atoms with Crippen molar-refractivity contribution in [2.45, 2.75) is 65.2 Å². The molecule has 0 aromatic heterocycles. The first kappa shape index (κ1) is 15.5. The smallest absolute Gasteiger partial charge is 0.0966 e. The maximum Gasteiger partial charge on any atom is 0.0966 e. The van der Waals surface area contributed by atoms with Gasteiger partial charge in [0.05, 0.1) is 5.84 Å². The second-order valence-electron chi connectivity index (χ2n) is 6.08. The number of likely N-dealkylation sites (tertiary alicyclic amines) is 1. The first-order valence-electron chi connectivity index (χ1n) is 7.65. The van der Waals surface area contributed by atoms with E-state index in [1.54, 1.807) is 0 Å². The molecule has 0 aromatic rings. The molecule has 18 heavy (non-hydrogen) atoms. The monoisotopic (exact) mass is 253 g/mol. The van der Waals surface area contributed by atoms with Crippen LogP contribution in [-0.4, -0.2) is 30.4 Å². The molecule has 3 heteroatoms. The van der Waals surface area contributed by atoms with Gasteiger partial charge in [-0.3, -0.25) is 5.41 Å². The van der Waals surface area contributed by atoms with Crippen LogP contribution in [0.25, 0.3) is 0 Å². The third-order valence-corrected chi connectivity index (χ3v) is 4.44. The van der Waals surface area contributed by atoms with Crippen LogP contribution in [0.1, 0.15) is 65.2 Å². The number of hydrogen-bond acceptors (Lipinski definition) is 2. The summed E-state index contributed by atoms with van der Waals surface area (Å²) >= 11 is 0. The maximum atomic E-state index is 7.64. The number of amidine groups is 1.